The molecule has 1 aromatic heterocycles. The van der Waals surface area contributed by atoms with Gasteiger partial charge in [0.25, 0.3) is 0 Å². The van der Waals surface area contributed by atoms with E-state index in [2.05, 4.69) is 53.5 Å². The molecule has 0 bridgehead atoms. The van der Waals surface area contributed by atoms with Gasteiger partial charge in [-0.3, -0.25) is 0 Å². The Balaban J connectivity index is 1.41. The van der Waals surface area contributed by atoms with Crippen molar-refractivity contribution >= 4 is 22.6 Å². The third-order valence-corrected chi connectivity index (χ3v) is 6.17. The molecule has 0 amide bonds. The van der Waals surface area contributed by atoms with Gasteiger partial charge in [0, 0.05) is 12.0 Å². The first-order chi connectivity index (χ1) is 15.7. The normalized spacial score (nSPS) is 13.7. The summed E-state index contributed by atoms with van der Waals surface area (Å²) in [5.41, 5.74) is 8.77. The summed E-state index contributed by atoms with van der Waals surface area (Å²) < 4.78 is 4.77. The van der Waals surface area contributed by atoms with Crippen LogP contribution in [0.15, 0.2) is 72.8 Å². The van der Waals surface area contributed by atoms with Crippen LogP contribution in [0.4, 0.5) is 0 Å². The van der Waals surface area contributed by atoms with Gasteiger partial charge in [0.1, 0.15) is 5.82 Å². The molecule has 5 rings (SSSR count). The largest absolute Gasteiger partial charge is 0.465 e. The molecule has 0 fully saturated rings. The second-order valence-electron chi connectivity index (χ2n) is 8.30. The average Bonchev–Trinajstić information content (AvgIpc) is 3.27. The maximum atomic E-state index is 11.6. The van der Waals surface area contributed by atoms with Crippen molar-refractivity contribution in [2.45, 2.75) is 32.1 Å². The van der Waals surface area contributed by atoms with Crippen LogP contribution in [0.25, 0.3) is 27.7 Å². The lowest BCUT2D eigenvalue weighted by Gasteiger charge is -2.13. The third-order valence-electron chi connectivity index (χ3n) is 6.17. The summed E-state index contributed by atoms with van der Waals surface area (Å²) in [6, 6.07) is 22.6. The summed E-state index contributed by atoms with van der Waals surface area (Å²) in [6.45, 7) is 0. The van der Waals surface area contributed by atoms with E-state index in [1.165, 1.54) is 49.5 Å². The van der Waals surface area contributed by atoms with Crippen LogP contribution >= 0.6 is 0 Å². The number of carbonyl (C=O) groups is 1. The lowest BCUT2D eigenvalue weighted by atomic mass is 9.92. The molecule has 1 heterocycles. The lowest BCUT2D eigenvalue weighted by Crippen LogP contribution is -2.01. The van der Waals surface area contributed by atoms with Crippen molar-refractivity contribution in [2.75, 3.05) is 7.11 Å². The van der Waals surface area contributed by atoms with Crippen molar-refractivity contribution in [3.63, 3.8) is 0 Å². The van der Waals surface area contributed by atoms with E-state index in [0.717, 1.165) is 28.0 Å². The monoisotopic (exact) mass is 422 g/mol. The zero-order valence-electron chi connectivity index (χ0n) is 18.2. The molecular weight excluding hydrogens is 396 g/mol. The fourth-order valence-electron chi connectivity index (χ4n) is 4.43. The van der Waals surface area contributed by atoms with Crippen LogP contribution in [0.1, 0.15) is 53.0 Å². The van der Waals surface area contributed by atoms with E-state index < -0.39 is 0 Å². The molecule has 32 heavy (non-hydrogen) atoms. The number of rotatable bonds is 5. The van der Waals surface area contributed by atoms with Crippen molar-refractivity contribution in [2.24, 2.45) is 0 Å². The molecule has 4 aromatic rings. The maximum absolute atomic E-state index is 11.6. The number of benzene rings is 3. The molecule has 0 saturated carbocycles. The summed E-state index contributed by atoms with van der Waals surface area (Å²) in [7, 11) is 1.39. The number of para-hydroxylation sites is 1. The number of nitrogens with one attached hydrogen (secondary N) is 1. The first-order valence-corrected chi connectivity index (χ1v) is 11.2. The number of hydrogen-bond acceptors (Lipinski definition) is 3. The number of carbonyl (C=O) groups excluding carboxylic acids is 1. The van der Waals surface area contributed by atoms with Crippen LogP contribution in [-0.4, -0.2) is 23.0 Å². The van der Waals surface area contributed by atoms with Gasteiger partial charge in [-0.1, -0.05) is 54.6 Å². The maximum Gasteiger partial charge on any atom is 0.337 e. The molecule has 3 aromatic carbocycles. The molecule has 4 nitrogen and oxygen atoms in total. The summed E-state index contributed by atoms with van der Waals surface area (Å²) >= 11 is 0. The van der Waals surface area contributed by atoms with Gasteiger partial charge in [-0.05, 0) is 66.1 Å². The molecule has 0 aliphatic heterocycles. The Hall–Kier alpha value is -3.66. The fourth-order valence-corrected chi connectivity index (χ4v) is 4.43. The second kappa shape index (κ2) is 8.83. The second-order valence-corrected chi connectivity index (χ2v) is 8.30. The van der Waals surface area contributed by atoms with Gasteiger partial charge in [-0.15, -0.1) is 0 Å². The lowest BCUT2D eigenvalue weighted by molar-refractivity contribution is 0.0600. The van der Waals surface area contributed by atoms with Crippen LogP contribution in [0, 0.1) is 0 Å². The van der Waals surface area contributed by atoms with E-state index in [-0.39, 0.29) is 5.97 Å². The Morgan fingerprint density at radius 2 is 1.75 bits per heavy atom. The van der Waals surface area contributed by atoms with E-state index in [1.54, 1.807) is 12.1 Å². The predicted molar refractivity (Wildman–Crippen MR) is 129 cm³/mol. The Kier molecular flexibility index (Phi) is 5.59. The Morgan fingerprint density at radius 1 is 0.969 bits per heavy atom. The summed E-state index contributed by atoms with van der Waals surface area (Å²) in [5.74, 6) is 0.581. The van der Waals surface area contributed by atoms with Gasteiger partial charge in [-0.2, -0.15) is 0 Å². The standard InChI is InChI=1S/C28H26N2O2/c1-32-28(31)23-12-10-19(11-13-23)18-26-29-25-9-5-8-24(27(25)30-26)22-16-14-21(15-17-22)20-6-3-2-4-7-20/h5-6,8-17H,2-4,7,18H2,1H3,(H,29,30). The minimum Gasteiger partial charge on any atom is -0.465 e. The van der Waals surface area contributed by atoms with Gasteiger partial charge < -0.3 is 9.72 Å². The van der Waals surface area contributed by atoms with Gasteiger partial charge in [0.15, 0.2) is 0 Å². The van der Waals surface area contributed by atoms with E-state index in [1.807, 2.05) is 12.1 Å². The zero-order valence-corrected chi connectivity index (χ0v) is 18.2. The van der Waals surface area contributed by atoms with Crippen LogP contribution in [-0.2, 0) is 11.2 Å². The number of aromatic nitrogens is 2. The van der Waals surface area contributed by atoms with E-state index in [0.29, 0.717) is 12.0 Å². The molecule has 0 saturated heterocycles. The predicted octanol–water partition coefficient (Wildman–Crippen LogP) is 6.56. The number of ether oxygens (including phenoxy) is 1. The number of allylic oxidation sites excluding steroid dienone is 2. The summed E-state index contributed by atoms with van der Waals surface area (Å²) in [5, 5.41) is 0. The minimum atomic E-state index is -0.323. The number of methoxy groups -OCH3 is 1. The highest BCUT2D eigenvalue weighted by Crippen LogP contribution is 2.31. The van der Waals surface area contributed by atoms with Gasteiger partial charge in [0.2, 0.25) is 0 Å². The summed E-state index contributed by atoms with van der Waals surface area (Å²) in [6.07, 6.45) is 8.02. The number of nitrogens with zero attached hydrogens (tertiary/aromatic N) is 1. The molecule has 1 aliphatic rings. The van der Waals surface area contributed by atoms with Crippen molar-refractivity contribution in [1.29, 1.82) is 0 Å². The Labute approximate surface area is 188 Å². The number of hydrogen-bond donors (Lipinski definition) is 1. The molecule has 160 valence electrons. The Morgan fingerprint density at radius 3 is 2.47 bits per heavy atom. The van der Waals surface area contributed by atoms with Crippen LogP contribution < -0.4 is 0 Å². The molecule has 1 aliphatic carbocycles. The third kappa shape index (κ3) is 4.09. The van der Waals surface area contributed by atoms with Gasteiger partial charge >= 0.3 is 5.97 Å². The fraction of sp³-hybridized carbons (Fsp3) is 0.214. The molecule has 0 atom stereocenters. The number of esters is 1. The molecular formula is C28H26N2O2. The van der Waals surface area contributed by atoms with E-state index in [4.69, 9.17) is 9.72 Å². The van der Waals surface area contributed by atoms with Gasteiger partial charge in [-0.25, -0.2) is 9.78 Å². The van der Waals surface area contributed by atoms with E-state index in [9.17, 15) is 4.79 Å². The van der Waals surface area contributed by atoms with Crippen molar-refractivity contribution < 1.29 is 9.53 Å². The summed E-state index contributed by atoms with van der Waals surface area (Å²) in [4.78, 5) is 20.0. The van der Waals surface area contributed by atoms with Crippen molar-refractivity contribution in [1.82, 2.24) is 9.97 Å². The highest BCUT2D eigenvalue weighted by atomic mass is 16.5. The molecule has 0 spiro atoms. The molecule has 4 heteroatoms. The molecule has 0 unspecified atom stereocenters. The first-order valence-electron chi connectivity index (χ1n) is 11.2. The number of imidazole rings is 1. The minimum absolute atomic E-state index is 0.323. The quantitative estimate of drug-likeness (QED) is 0.370. The van der Waals surface area contributed by atoms with Crippen LogP contribution in [0.2, 0.25) is 0 Å². The van der Waals surface area contributed by atoms with Crippen molar-refractivity contribution in [3.05, 3.63) is 95.3 Å². The molecule has 1 N–H and O–H groups in total. The SMILES string of the molecule is COC(=O)c1ccc(Cc2nc3c(-c4ccc(C5=CCCCC5)cc4)cccc3[nH]2)cc1. The number of H-pyrrole nitrogens is 1. The van der Waals surface area contributed by atoms with Crippen LogP contribution in [0.5, 0.6) is 0 Å². The topological polar surface area (TPSA) is 55.0 Å². The average molecular weight is 423 g/mol. The molecule has 0 radical (unpaired) electrons. The van der Waals surface area contributed by atoms with E-state index >= 15 is 0 Å². The zero-order chi connectivity index (χ0) is 21.9. The number of fused-ring (bicyclic) bond motifs is 1. The van der Waals surface area contributed by atoms with Gasteiger partial charge in [0.05, 0.1) is 23.7 Å². The van der Waals surface area contributed by atoms with Crippen molar-refractivity contribution in [3.8, 4) is 11.1 Å². The highest BCUT2D eigenvalue weighted by molar-refractivity contribution is 5.92. The number of aromatic amines is 1. The highest BCUT2D eigenvalue weighted by Gasteiger charge is 2.12. The van der Waals surface area contributed by atoms with Crippen LogP contribution in [0.3, 0.4) is 0 Å². The Bertz CT molecular complexity index is 1280. The first kappa shape index (κ1) is 20.3. The smallest absolute Gasteiger partial charge is 0.337 e.